The van der Waals surface area contributed by atoms with E-state index in [1.54, 1.807) is 0 Å². The predicted octanol–water partition coefficient (Wildman–Crippen LogP) is 1.65. The van der Waals surface area contributed by atoms with Crippen LogP contribution < -0.4 is 5.73 Å². The van der Waals surface area contributed by atoms with Crippen LogP contribution in [0.2, 0.25) is 0 Å². The molecule has 18 heavy (non-hydrogen) atoms. The topological polar surface area (TPSA) is 55.0 Å². The second-order valence-electron chi connectivity index (χ2n) is 5.29. The number of nitrogens with two attached hydrogens (primary N) is 1. The van der Waals surface area contributed by atoms with Gasteiger partial charge in [0, 0.05) is 23.9 Å². The van der Waals surface area contributed by atoms with Crippen LogP contribution in [-0.2, 0) is 6.42 Å². The zero-order valence-electron chi connectivity index (χ0n) is 12.3. The van der Waals surface area contributed by atoms with Gasteiger partial charge in [-0.2, -0.15) is 0 Å². The van der Waals surface area contributed by atoms with Crippen molar-refractivity contribution in [3.05, 3.63) is 22.8 Å². The molecule has 0 bridgehead atoms. The lowest BCUT2D eigenvalue weighted by Crippen LogP contribution is -2.21. The monoisotopic (exact) mass is 250 g/mol. The summed E-state index contributed by atoms with van der Waals surface area (Å²) in [6.07, 6.45) is 1.98. The van der Waals surface area contributed by atoms with Crippen LogP contribution in [0.15, 0.2) is 0 Å². The highest BCUT2D eigenvalue weighted by molar-refractivity contribution is 5.25. The Morgan fingerprint density at radius 2 is 1.72 bits per heavy atom. The summed E-state index contributed by atoms with van der Waals surface area (Å²) in [4.78, 5) is 11.5. The average molecular weight is 250 g/mol. The van der Waals surface area contributed by atoms with E-state index in [1.807, 2.05) is 0 Å². The third-order valence-electron chi connectivity index (χ3n) is 3.15. The second kappa shape index (κ2) is 6.81. The average Bonchev–Trinajstić information content (AvgIpc) is 2.26. The SMILES string of the molecule is Cc1nc(C(C)CN(C)C)nc(C)c1CCCN. The minimum absolute atomic E-state index is 0.362. The maximum atomic E-state index is 5.56. The van der Waals surface area contributed by atoms with E-state index < -0.39 is 0 Å². The molecule has 1 aromatic heterocycles. The van der Waals surface area contributed by atoms with E-state index in [0.717, 1.165) is 43.1 Å². The van der Waals surface area contributed by atoms with Crippen molar-refractivity contribution in [3.8, 4) is 0 Å². The van der Waals surface area contributed by atoms with E-state index in [1.165, 1.54) is 5.56 Å². The molecular weight excluding hydrogens is 224 g/mol. The summed E-state index contributed by atoms with van der Waals surface area (Å²) < 4.78 is 0. The van der Waals surface area contributed by atoms with Crippen molar-refractivity contribution in [2.75, 3.05) is 27.2 Å². The number of nitrogens with zero attached hydrogens (tertiary/aromatic N) is 3. The molecule has 4 nitrogen and oxygen atoms in total. The normalized spacial score (nSPS) is 13.1. The van der Waals surface area contributed by atoms with Crippen molar-refractivity contribution in [1.29, 1.82) is 0 Å². The second-order valence-corrected chi connectivity index (χ2v) is 5.29. The first-order chi connectivity index (χ1) is 8.45. The Morgan fingerprint density at radius 1 is 1.17 bits per heavy atom. The molecular formula is C14H26N4. The van der Waals surface area contributed by atoms with Crippen LogP contribution in [0.4, 0.5) is 0 Å². The Kier molecular flexibility index (Phi) is 5.69. The smallest absolute Gasteiger partial charge is 0.132 e. The van der Waals surface area contributed by atoms with Crippen LogP contribution >= 0.6 is 0 Å². The largest absolute Gasteiger partial charge is 0.330 e. The van der Waals surface area contributed by atoms with Gasteiger partial charge in [-0.25, -0.2) is 9.97 Å². The number of aromatic nitrogens is 2. The Morgan fingerprint density at radius 3 is 2.17 bits per heavy atom. The molecule has 0 fully saturated rings. The van der Waals surface area contributed by atoms with Crippen LogP contribution in [0.5, 0.6) is 0 Å². The fraction of sp³-hybridized carbons (Fsp3) is 0.714. The summed E-state index contributed by atoms with van der Waals surface area (Å²) in [6.45, 7) is 8.02. The predicted molar refractivity (Wildman–Crippen MR) is 75.9 cm³/mol. The van der Waals surface area contributed by atoms with Gasteiger partial charge >= 0.3 is 0 Å². The molecule has 0 amide bonds. The summed E-state index contributed by atoms with van der Waals surface area (Å²) in [5.41, 5.74) is 9.04. The van der Waals surface area contributed by atoms with Crippen molar-refractivity contribution >= 4 is 0 Å². The van der Waals surface area contributed by atoms with Gasteiger partial charge in [0.25, 0.3) is 0 Å². The first-order valence-electron chi connectivity index (χ1n) is 6.64. The lowest BCUT2D eigenvalue weighted by atomic mass is 10.0. The van der Waals surface area contributed by atoms with E-state index in [4.69, 9.17) is 5.73 Å². The number of likely N-dealkylation sites (N-methyl/N-ethyl adjacent to an activating group) is 1. The van der Waals surface area contributed by atoms with Crippen molar-refractivity contribution in [1.82, 2.24) is 14.9 Å². The zero-order chi connectivity index (χ0) is 13.7. The van der Waals surface area contributed by atoms with E-state index in [2.05, 4.69) is 49.7 Å². The summed E-state index contributed by atoms with van der Waals surface area (Å²) in [5, 5.41) is 0. The molecule has 1 heterocycles. The maximum absolute atomic E-state index is 5.56. The van der Waals surface area contributed by atoms with Gasteiger partial charge in [-0.1, -0.05) is 6.92 Å². The third kappa shape index (κ3) is 4.03. The lowest BCUT2D eigenvalue weighted by Gasteiger charge is -2.18. The van der Waals surface area contributed by atoms with Crippen molar-refractivity contribution in [3.63, 3.8) is 0 Å². The van der Waals surface area contributed by atoms with Crippen molar-refractivity contribution in [2.45, 2.75) is 39.5 Å². The molecule has 0 spiro atoms. The molecule has 1 rings (SSSR count). The highest BCUT2D eigenvalue weighted by atomic mass is 15.1. The van der Waals surface area contributed by atoms with Crippen molar-refractivity contribution in [2.24, 2.45) is 5.73 Å². The van der Waals surface area contributed by atoms with Crippen LogP contribution in [0, 0.1) is 13.8 Å². The summed E-state index contributed by atoms with van der Waals surface area (Å²) in [6, 6.07) is 0. The van der Waals surface area contributed by atoms with Gasteiger partial charge in [0.05, 0.1) is 0 Å². The van der Waals surface area contributed by atoms with Crippen molar-refractivity contribution < 1.29 is 0 Å². The quantitative estimate of drug-likeness (QED) is 0.834. The molecule has 0 saturated heterocycles. The highest BCUT2D eigenvalue weighted by Crippen LogP contribution is 2.17. The minimum Gasteiger partial charge on any atom is -0.330 e. The van der Waals surface area contributed by atoms with Gasteiger partial charge in [-0.3, -0.25) is 0 Å². The summed E-state index contributed by atoms with van der Waals surface area (Å²) in [7, 11) is 4.15. The summed E-state index contributed by atoms with van der Waals surface area (Å²) in [5.74, 6) is 1.32. The molecule has 0 aliphatic heterocycles. The van der Waals surface area contributed by atoms with Gasteiger partial charge in [-0.15, -0.1) is 0 Å². The number of hydrogen-bond donors (Lipinski definition) is 1. The van der Waals surface area contributed by atoms with Gasteiger partial charge in [-0.05, 0) is 52.9 Å². The van der Waals surface area contributed by atoms with E-state index in [-0.39, 0.29) is 0 Å². The van der Waals surface area contributed by atoms with Crippen LogP contribution in [0.25, 0.3) is 0 Å². The minimum atomic E-state index is 0.362. The Balaban J connectivity index is 2.91. The first kappa shape index (κ1) is 15.1. The van der Waals surface area contributed by atoms with Gasteiger partial charge in [0.2, 0.25) is 0 Å². The van der Waals surface area contributed by atoms with E-state index in [0.29, 0.717) is 5.92 Å². The molecule has 4 heteroatoms. The Labute approximate surface area is 111 Å². The van der Waals surface area contributed by atoms with Gasteiger partial charge < -0.3 is 10.6 Å². The first-order valence-corrected chi connectivity index (χ1v) is 6.64. The molecule has 0 aliphatic rings. The number of hydrogen-bond acceptors (Lipinski definition) is 4. The highest BCUT2D eigenvalue weighted by Gasteiger charge is 2.14. The van der Waals surface area contributed by atoms with Gasteiger partial charge in [0.15, 0.2) is 0 Å². The molecule has 0 aromatic carbocycles. The molecule has 1 atom stereocenters. The molecule has 102 valence electrons. The Bertz CT molecular complexity index is 364. The van der Waals surface area contributed by atoms with E-state index in [9.17, 15) is 0 Å². The molecule has 2 N–H and O–H groups in total. The molecule has 1 unspecified atom stereocenters. The maximum Gasteiger partial charge on any atom is 0.132 e. The van der Waals surface area contributed by atoms with Crippen LogP contribution in [-0.4, -0.2) is 42.1 Å². The molecule has 1 aromatic rings. The fourth-order valence-electron chi connectivity index (χ4n) is 2.26. The van der Waals surface area contributed by atoms with Crippen LogP contribution in [0.1, 0.15) is 42.0 Å². The van der Waals surface area contributed by atoms with E-state index >= 15 is 0 Å². The zero-order valence-corrected chi connectivity index (χ0v) is 12.3. The molecule has 0 saturated carbocycles. The van der Waals surface area contributed by atoms with Crippen LogP contribution in [0.3, 0.4) is 0 Å². The Hall–Kier alpha value is -1.00. The number of rotatable bonds is 6. The fourth-order valence-corrected chi connectivity index (χ4v) is 2.26. The number of aryl methyl sites for hydroxylation is 2. The molecule has 0 radical (unpaired) electrons. The molecule has 0 aliphatic carbocycles. The standard InChI is InChI=1S/C14H26N4/c1-10(9-18(4)5)14-16-11(2)13(7-6-8-15)12(3)17-14/h10H,6-9,15H2,1-5H3. The van der Waals surface area contributed by atoms with Gasteiger partial charge in [0.1, 0.15) is 5.82 Å². The lowest BCUT2D eigenvalue weighted by molar-refractivity contribution is 0.376. The third-order valence-corrected chi connectivity index (χ3v) is 3.15. The summed E-state index contributed by atoms with van der Waals surface area (Å²) >= 11 is 0.